The van der Waals surface area contributed by atoms with Gasteiger partial charge in [-0.2, -0.15) is 0 Å². The number of nitrogens with two attached hydrogens (primary N) is 1. The van der Waals surface area contributed by atoms with Gasteiger partial charge in [0.05, 0.1) is 22.8 Å². The van der Waals surface area contributed by atoms with Crippen LogP contribution >= 0.6 is 0 Å². The number of fused-ring (bicyclic) bond motifs is 1. The number of benzene rings is 2. The van der Waals surface area contributed by atoms with E-state index in [1.54, 1.807) is 18.7 Å². The molecular weight excluding hydrogens is 400 g/mol. The Bertz CT molecular complexity index is 1280. The molecule has 3 aromatic rings. The van der Waals surface area contributed by atoms with Crippen LogP contribution in [0.2, 0.25) is 0 Å². The summed E-state index contributed by atoms with van der Waals surface area (Å²) in [6.07, 6.45) is 0. The monoisotopic (exact) mass is 430 g/mol. The Hall–Kier alpha value is -3.87. The number of hydrogen-bond donors (Lipinski definition) is 3. The first-order valence-corrected chi connectivity index (χ1v) is 10.5. The fraction of sp³-hybridized carbons (Fsp3) is 0.240. The third-order valence-electron chi connectivity index (χ3n) is 5.54. The first-order chi connectivity index (χ1) is 15.3. The van der Waals surface area contributed by atoms with E-state index in [4.69, 9.17) is 5.73 Å². The van der Waals surface area contributed by atoms with Crippen molar-refractivity contribution in [3.63, 3.8) is 0 Å². The Labute approximate surface area is 188 Å². The summed E-state index contributed by atoms with van der Waals surface area (Å²) in [7, 11) is 3.52. The van der Waals surface area contributed by atoms with Gasteiger partial charge in [-0.1, -0.05) is 36.4 Å². The Kier molecular flexibility index (Phi) is 6.78. The first kappa shape index (κ1) is 22.8. The minimum Gasteiger partial charge on any atom is -0.382 e. The van der Waals surface area contributed by atoms with Crippen molar-refractivity contribution < 1.29 is 0 Å². The molecule has 0 aliphatic rings. The topological polar surface area (TPSA) is 96.8 Å². The molecule has 0 spiro atoms. The molecule has 1 heterocycles. The SMILES string of the molecule is C=NC(C(N)=NC(C)c1cc2cccc(C)c2c(=O)n1-c1ccccc1C)=C(NC)NC. The molecule has 1 atom stereocenters. The molecule has 0 bridgehead atoms. The number of aryl methyl sites for hydroxylation is 2. The predicted molar refractivity (Wildman–Crippen MR) is 134 cm³/mol. The van der Waals surface area contributed by atoms with Crippen molar-refractivity contribution in [3.05, 3.63) is 87.2 Å². The number of nitrogens with zero attached hydrogens (tertiary/aromatic N) is 3. The van der Waals surface area contributed by atoms with Crippen LogP contribution in [0.3, 0.4) is 0 Å². The molecule has 3 rings (SSSR count). The van der Waals surface area contributed by atoms with E-state index in [-0.39, 0.29) is 11.4 Å². The Morgan fingerprint density at radius 3 is 2.34 bits per heavy atom. The van der Waals surface area contributed by atoms with E-state index < -0.39 is 6.04 Å². The minimum atomic E-state index is -0.418. The fourth-order valence-electron chi connectivity index (χ4n) is 3.91. The molecule has 0 radical (unpaired) electrons. The second kappa shape index (κ2) is 9.51. The Balaban J connectivity index is 2.32. The second-order valence-corrected chi connectivity index (χ2v) is 7.61. The smallest absolute Gasteiger partial charge is 0.263 e. The molecule has 0 aliphatic carbocycles. The zero-order valence-corrected chi connectivity index (χ0v) is 19.2. The van der Waals surface area contributed by atoms with Crippen LogP contribution in [0.4, 0.5) is 0 Å². The summed E-state index contributed by atoms with van der Waals surface area (Å²) in [5.41, 5.74) is 10.1. The summed E-state index contributed by atoms with van der Waals surface area (Å²) in [4.78, 5) is 22.4. The lowest BCUT2D eigenvalue weighted by Crippen LogP contribution is -2.28. The number of pyridine rings is 1. The molecule has 1 aromatic heterocycles. The summed E-state index contributed by atoms with van der Waals surface area (Å²) in [6.45, 7) is 9.47. The average Bonchev–Trinajstić information content (AvgIpc) is 2.77. The van der Waals surface area contributed by atoms with E-state index in [1.807, 2.05) is 69.3 Å². The lowest BCUT2D eigenvalue weighted by Gasteiger charge is -2.20. The average molecular weight is 431 g/mol. The summed E-state index contributed by atoms with van der Waals surface area (Å²) in [5, 5.41) is 7.57. The van der Waals surface area contributed by atoms with Crippen LogP contribution in [0.1, 0.15) is 29.8 Å². The van der Waals surface area contributed by atoms with E-state index in [9.17, 15) is 4.79 Å². The highest BCUT2D eigenvalue weighted by Gasteiger charge is 2.19. The molecule has 166 valence electrons. The van der Waals surface area contributed by atoms with Crippen LogP contribution in [0, 0.1) is 13.8 Å². The maximum Gasteiger partial charge on any atom is 0.263 e. The highest BCUT2D eigenvalue weighted by atomic mass is 16.1. The molecule has 0 fully saturated rings. The third kappa shape index (κ3) is 4.14. The van der Waals surface area contributed by atoms with Gasteiger partial charge in [-0.25, -0.2) is 0 Å². The maximum atomic E-state index is 13.7. The van der Waals surface area contributed by atoms with Crippen LogP contribution in [-0.4, -0.2) is 31.2 Å². The van der Waals surface area contributed by atoms with Gasteiger partial charge < -0.3 is 16.4 Å². The highest BCUT2D eigenvalue weighted by Crippen LogP contribution is 2.26. The van der Waals surface area contributed by atoms with E-state index in [2.05, 4.69) is 27.3 Å². The number of aliphatic imine (C=N–C) groups is 2. The lowest BCUT2D eigenvalue weighted by molar-refractivity contribution is 0.732. The van der Waals surface area contributed by atoms with Gasteiger partial charge in [0.2, 0.25) is 0 Å². The molecule has 2 aromatic carbocycles. The predicted octanol–water partition coefficient (Wildman–Crippen LogP) is 3.33. The normalized spacial score (nSPS) is 12.3. The van der Waals surface area contributed by atoms with Crippen LogP contribution < -0.4 is 21.9 Å². The number of amidine groups is 1. The van der Waals surface area contributed by atoms with Crippen molar-refractivity contribution in [2.75, 3.05) is 14.1 Å². The molecule has 0 saturated heterocycles. The summed E-state index contributed by atoms with van der Waals surface area (Å²) < 4.78 is 1.74. The molecule has 0 amide bonds. The Morgan fingerprint density at radius 1 is 1.06 bits per heavy atom. The molecule has 32 heavy (non-hydrogen) atoms. The van der Waals surface area contributed by atoms with E-state index >= 15 is 0 Å². The number of rotatable bonds is 7. The third-order valence-corrected chi connectivity index (χ3v) is 5.54. The highest BCUT2D eigenvalue weighted by molar-refractivity contribution is 5.98. The van der Waals surface area contributed by atoms with Gasteiger partial charge in [-0.05, 0) is 56.1 Å². The molecule has 0 aliphatic heterocycles. The van der Waals surface area contributed by atoms with Crippen molar-refractivity contribution in [2.24, 2.45) is 15.7 Å². The van der Waals surface area contributed by atoms with Gasteiger partial charge in [-0.3, -0.25) is 19.3 Å². The van der Waals surface area contributed by atoms with Gasteiger partial charge in [0.1, 0.15) is 17.4 Å². The van der Waals surface area contributed by atoms with Crippen LogP contribution in [0.25, 0.3) is 16.5 Å². The molecular formula is C25H30N6O. The number of para-hydroxylation sites is 1. The molecule has 7 heteroatoms. The van der Waals surface area contributed by atoms with Crippen LogP contribution in [0.15, 0.2) is 74.8 Å². The van der Waals surface area contributed by atoms with Crippen LogP contribution in [0.5, 0.6) is 0 Å². The fourth-order valence-corrected chi connectivity index (χ4v) is 3.91. The standard InChI is InChI=1S/C25H30N6O/c1-15-10-7-8-13-19(15)31-20(14-18-12-9-11-16(2)21(18)25(31)32)17(3)30-23(26)22(27-4)24(28-5)29-6/h7-14,17,28-29H,4H2,1-3,5-6H3,(H2,26,30). The van der Waals surface area contributed by atoms with Crippen molar-refractivity contribution in [1.82, 2.24) is 15.2 Å². The maximum absolute atomic E-state index is 13.7. The summed E-state index contributed by atoms with van der Waals surface area (Å²) in [5.74, 6) is 0.832. The second-order valence-electron chi connectivity index (χ2n) is 7.61. The number of hydrogen-bond acceptors (Lipinski definition) is 5. The lowest BCUT2D eigenvalue weighted by atomic mass is 10.0. The molecule has 7 nitrogen and oxygen atoms in total. The van der Waals surface area contributed by atoms with E-state index in [0.29, 0.717) is 16.9 Å². The van der Waals surface area contributed by atoms with Crippen molar-refractivity contribution >= 4 is 23.3 Å². The summed E-state index contributed by atoms with van der Waals surface area (Å²) in [6, 6.07) is 15.3. The Morgan fingerprint density at radius 2 is 1.72 bits per heavy atom. The van der Waals surface area contributed by atoms with Crippen LogP contribution in [-0.2, 0) is 0 Å². The minimum absolute atomic E-state index is 0.0747. The van der Waals surface area contributed by atoms with Gasteiger partial charge in [0.25, 0.3) is 5.56 Å². The van der Waals surface area contributed by atoms with Gasteiger partial charge >= 0.3 is 0 Å². The van der Waals surface area contributed by atoms with Crippen molar-refractivity contribution in [3.8, 4) is 5.69 Å². The zero-order chi connectivity index (χ0) is 23.4. The number of nitrogens with one attached hydrogen (secondary N) is 2. The number of aromatic nitrogens is 1. The van der Waals surface area contributed by atoms with Crippen molar-refractivity contribution in [2.45, 2.75) is 26.8 Å². The molecule has 0 saturated carbocycles. The molecule has 4 N–H and O–H groups in total. The van der Waals surface area contributed by atoms with Gasteiger partial charge in [0.15, 0.2) is 0 Å². The largest absolute Gasteiger partial charge is 0.382 e. The molecule has 1 unspecified atom stereocenters. The van der Waals surface area contributed by atoms with E-state index in [1.165, 1.54) is 0 Å². The first-order valence-electron chi connectivity index (χ1n) is 10.5. The quantitative estimate of drug-likeness (QED) is 0.396. The summed E-state index contributed by atoms with van der Waals surface area (Å²) >= 11 is 0. The van der Waals surface area contributed by atoms with Gasteiger partial charge in [0, 0.05) is 14.1 Å². The van der Waals surface area contributed by atoms with Gasteiger partial charge in [-0.15, -0.1) is 0 Å². The van der Waals surface area contributed by atoms with Crippen molar-refractivity contribution in [1.29, 1.82) is 0 Å². The zero-order valence-electron chi connectivity index (χ0n) is 19.2. The van der Waals surface area contributed by atoms with E-state index in [0.717, 1.165) is 27.9 Å².